The van der Waals surface area contributed by atoms with Crippen LogP contribution in [0.5, 0.6) is 0 Å². The van der Waals surface area contributed by atoms with Crippen LogP contribution in [0.15, 0.2) is 59.7 Å². The molecular weight excluding hydrogens is 366 g/mol. The smallest absolute Gasteiger partial charge is 0.248 e. The number of benzene rings is 1. The van der Waals surface area contributed by atoms with Crippen molar-refractivity contribution in [3.63, 3.8) is 0 Å². The van der Waals surface area contributed by atoms with Gasteiger partial charge in [-0.1, -0.05) is 6.07 Å². The third-order valence-corrected chi connectivity index (χ3v) is 5.25. The number of hydrogen-bond acceptors (Lipinski definition) is 6. The Kier molecular flexibility index (Phi) is 5.14. The third kappa shape index (κ3) is 4.05. The Morgan fingerprint density at radius 1 is 1.14 bits per heavy atom. The molecule has 3 aromatic rings. The number of nitrogens with two attached hydrogens (primary N) is 1. The lowest BCUT2D eigenvalue weighted by molar-refractivity contribution is 0.145. The molecule has 1 fully saturated rings. The summed E-state index contributed by atoms with van der Waals surface area (Å²) in [6.45, 7) is 1.48. The number of pyridine rings is 2. The Morgan fingerprint density at radius 2 is 1.90 bits per heavy atom. The quantitative estimate of drug-likeness (QED) is 0.403. The molecule has 0 spiro atoms. The lowest BCUT2D eigenvalue weighted by Gasteiger charge is -2.30. The molecule has 0 radical (unpaired) electrons. The van der Waals surface area contributed by atoms with E-state index in [1.54, 1.807) is 24.5 Å². The van der Waals surface area contributed by atoms with Gasteiger partial charge in [0.05, 0.1) is 11.8 Å². The van der Waals surface area contributed by atoms with Crippen molar-refractivity contribution in [3.05, 3.63) is 76.3 Å². The molecule has 0 atom stereocenters. The molecule has 0 aliphatic carbocycles. The Bertz CT molecular complexity index is 1100. The molecule has 29 heavy (non-hydrogen) atoms. The monoisotopic (exact) mass is 389 g/mol. The van der Waals surface area contributed by atoms with E-state index in [9.17, 15) is 9.90 Å². The Balaban J connectivity index is 1.65. The first-order chi connectivity index (χ1) is 14.0. The maximum atomic E-state index is 11.6. The highest BCUT2D eigenvalue weighted by Gasteiger charge is 2.19. The highest BCUT2D eigenvalue weighted by molar-refractivity contribution is 6.14. The van der Waals surface area contributed by atoms with Crippen LogP contribution in [0.25, 0.3) is 11.1 Å². The van der Waals surface area contributed by atoms with Crippen LogP contribution in [0.2, 0.25) is 0 Å². The fourth-order valence-electron chi connectivity index (χ4n) is 3.57. The average molecular weight is 389 g/mol. The third-order valence-electron chi connectivity index (χ3n) is 5.25. The molecule has 0 saturated carbocycles. The SMILES string of the molecule is N=C(c1ccnc(N2CCC(O)CC2)c1)c1cc(-c2cc[nH]c(=O)c2)ccc1N. The number of nitrogens with zero attached hydrogens (tertiary/aromatic N) is 2. The van der Waals surface area contributed by atoms with Crippen LogP contribution < -0.4 is 16.2 Å². The summed E-state index contributed by atoms with van der Waals surface area (Å²) in [5, 5.41) is 18.4. The summed E-state index contributed by atoms with van der Waals surface area (Å²) in [5.41, 5.74) is 9.71. The van der Waals surface area contributed by atoms with Gasteiger partial charge < -0.3 is 20.7 Å². The first-order valence-corrected chi connectivity index (χ1v) is 9.58. The fourth-order valence-corrected chi connectivity index (χ4v) is 3.57. The summed E-state index contributed by atoms with van der Waals surface area (Å²) in [5.74, 6) is 0.795. The van der Waals surface area contributed by atoms with Crippen molar-refractivity contribution in [2.24, 2.45) is 0 Å². The Morgan fingerprint density at radius 3 is 2.66 bits per heavy atom. The zero-order valence-electron chi connectivity index (χ0n) is 15.9. The van der Waals surface area contributed by atoms with Gasteiger partial charge in [-0.3, -0.25) is 10.2 Å². The molecule has 1 aliphatic rings. The van der Waals surface area contributed by atoms with Gasteiger partial charge in [0.25, 0.3) is 0 Å². The molecule has 7 nitrogen and oxygen atoms in total. The number of hydrogen-bond donors (Lipinski definition) is 4. The molecule has 1 aromatic carbocycles. The van der Waals surface area contributed by atoms with Crippen LogP contribution in [0.1, 0.15) is 24.0 Å². The van der Waals surface area contributed by atoms with Crippen molar-refractivity contribution in [2.75, 3.05) is 23.7 Å². The molecule has 4 rings (SSSR count). The standard InChI is InChI=1S/C22H23N5O2/c23-19-2-1-14(15-3-8-26-21(29)13-15)11-18(19)22(24)16-4-7-25-20(12-16)27-9-5-17(28)6-10-27/h1-4,7-8,11-13,17,24,28H,5-6,9-10,23H2,(H,26,29). The zero-order chi connectivity index (χ0) is 20.4. The maximum Gasteiger partial charge on any atom is 0.248 e. The summed E-state index contributed by atoms with van der Waals surface area (Å²) in [4.78, 5) is 20.8. The van der Waals surface area contributed by atoms with Crippen molar-refractivity contribution < 1.29 is 5.11 Å². The van der Waals surface area contributed by atoms with Crippen LogP contribution in [-0.4, -0.2) is 40.0 Å². The van der Waals surface area contributed by atoms with Crippen LogP contribution in [0.4, 0.5) is 11.5 Å². The second-order valence-corrected chi connectivity index (χ2v) is 7.24. The molecule has 5 N–H and O–H groups in total. The van der Waals surface area contributed by atoms with Crippen molar-refractivity contribution in [2.45, 2.75) is 18.9 Å². The van der Waals surface area contributed by atoms with Crippen LogP contribution in [0.3, 0.4) is 0 Å². The largest absolute Gasteiger partial charge is 0.398 e. The van der Waals surface area contributed by atoms with E-state index in [2.05, 4.69) is 14.9 Å². The molecule has 1 saturated heterocycles. The summed E-state index contributed by atoms with van der Waals surface area (Å²) in [7, 11) is 0. The average Bonchev–Trinajstić information content (AvgIpc) is 2.74. The number of piperidine rings is 1. The minimum atomic E-state index is -0.250. The van der Waals surface area contributed by atoms with E-state index in [1.807, 2.05) is 24.3 Å². The normalized spacial score (nSPS) is 14.7. The number of rotatable bonds is 4. The molecule has 7 heteroatoms. The summed E-state index contributed by atoms with van der Waals surface area (Å²) in [6.07, 6.45) is 4.48. The van der Waals surface area contributed by atoms with Gasteiger partial charge >= 0.3 is 0 Å². The second kappa shape index (κ2) is 7.89. The number of anilines is 2. The summed E-state index contributed by atoms with van der Waals surface area (Å²) in [6, 6.07) is 12.5. The van der Waals surface area contributed by atoms with Crippen molar-refractivity contribution in [1.29, 1.82) is 5.41 Å². The molecule has 148 valence electrons. The first kappa shape index (κ1) is 18.9. The lowest BCUT2D eigenvalue weighted by atomic mass is 9.96. The van der Waals surface area contributed by atoms with Gasteiger partial charge in [0.2, 0.25) is 5.56 Å². The van der Waals surface area contributed by atoms with Gasteiger partial charge in [-0.2, -0.15) is 0 Å². The number of aliphatic hydroxyl groups excluding tert-OH is 1. The summed E-state index contributed by atoms with van der Waals surface area (Å²) < 4.78 is 0. The molecular formula is C22H23N5O2. The van der Waals surface area contributed by atoms with E-state index in [0.717, 1.165) is 35.6 Å². The van der Waals surface area contributed by atoms with Gasteiger partial charge in [0, 0.05) is 48.4 Å². The van der Waals surface area contributed by atoms with Gasteiger partial charge in [0.15, 0.2) is 0 Å². The van der Waals surface area contributed by atoms with Gasteiger partial charge in [-0.05, 0) is 54.3 Å². The first-order valence-electron chi connectivity index (χ1n) is 9.58. The molecule has 0 amide bonds. The lowest BCUT2D eigenvalue weighted by Crippen LogP contribution is -2.36. The number of aromatic nitrogens is 2. The van der Waals surface area contributed by atoms with E-state index < -0.39 is 0 Å². The fraction of sp³-hybridized carbons (Fsp3) is 0.227. The predicted octanol–water partition coefficient (Wildman–Crippen LogP) is 2.40. The predicted molar refractivity (Wildman–Crippen MR) is 115 cm³/mol. The zero-order valence-corrected chi connectivity index (χ0v) is 15.9. The highest BCUT2D eigenvalue weighted by Crippen LogP contribution is 2.26. The van der Waals surface area contributed by atoms with Gasteiger partial charge in [0.1, 0.15) is 5.82 Å². The van der Waals surface area contributed by atoms with Crippen LogP contribution in [-0.2, 0) is 0 Å². The van der Waals surface area contributed by atoms with Crippen LogP contribution in [0, 0.1) is 5.41 Å². The minimum absolute atomic E-state index is 0.179. The number of aliphatic hydroxyl groups is 1. The van der Waals surface area contributed by atoms with E-state index in [-0.39, 0.29) is 11.7 Å². The van der Waals surface area contributed by atoms with E-state index >= 15 is 0 Å². The molecule has 2 aromatic heterocycles. The molecule has 0 unspecified atom stereocenters. The van der Waals surface area contributed by atoms with E-state index in [0.29, 0.717) is 29.8 Å². The molecule has 1 aliphatic heterocycles. The van der Waals surface area contributed by atoms with Crippen LogP contribution >= 0.6 is 0 Å². The summed E-state index contributed by atoms with van der Waals surface area (Å²) >= 11 is 0. The number of H-pyrrole nitrogens is 1. The van der Waals surface area contributed by atoms with E-state index in [1.165, 1.54) is 6.07 Å². The Labute approximate surface area is 168 Å². The van der Waals surface area contributed by atoms with E-state index in [4.69, 9.17) is 11.1 Å². The number of nitrogens with one attached hydrogen (secondary N) is 2. The van der Waals surface area contributed by atoms with Crippen molar-refractivity contribution >= 4 is 17.2 Å². The topological polar surface area (TPSA) is 119 Å². The molecule has 0 bridgehead atoms. The number of aromatic amines is 1. The molecule has 3 heterocycles. The maximum absolute atomic E-state index is 11.6. The van der Waals surface area contributed by atoms with Gasteiger partial charge in [-0.25, -0.2) is 4.98 Å². The highest BCUT2D eigenvalue weighted by atomic mass is 16.3. The second-order valence-electron chi connectivity index (χ2n) is 7.24. The minimum Gasteiger partial charge on any atom is -0.398 e. The Hall–Kier alpha value is -3.45. The number of nitrogen functional groups attached to an aromatic ring is 1. The van der Waals surface area contributed by atoms with Crippen molar-refractivity contribution in [1.82, 2.24) is 9.97 Å². The van der Waals surface area contributed by atoms with Gasteiger partial charge in [-0.15, -0.1) is 0 Å². The van der Waals surface area contributed by atoms with Crippen molar-refractivity contribution in [3.8, 4) is 11.1 Å².